The Hall–Kier alpha value is -5.87. The Morgan fingerprint density at radius 3 is 1.96 bits per heavy atom. The third kappa shape index (κ3) is 6.12. The molecule has 5 aromatic rings. The summed E-state index contributed by atoms with van der Waals surface area (Å²) >= 11 is 0. The van der Waals surface area contributed by atoms with Gasteiger partial charge in [-0.15, -0.1) is 0 Å². The van der Waals surface area contributed by atoms with Crippen LogP contribution in [0.3, 0.4) is 0 Å². The molecule has 1 aliphatic carbocycles. The van der Waals surface area contributed by atoms with Crippen LogP contribution >= 0.6 is 0 Å². The van der Waals surface area contributed by atoms with Gasteiger partial charge in [0.15, 0.2) is 0 Å². The Morgan fingerprint density at radius 2 is 1.31 bits per heavy atom. The summed E-state index contributed by atoms with van der Waals surface area (Å²) in [5.74, 6) is -5.93. The van der Waals surface area contributed by atoms with Gasteiger partial charge in [0.2, 0.25) is 0 Å². The fourth-order valence-corrected chi connectivity index (χ4v) is 6.92. The van der Waals surface area contributed by atoms with Crippen LogP contribution in [0.15, 0.2) is 121 Å². The number of ether oxygens (including phenoxy) is 4. The van der Waals surface area contributed by atoms with E-state index < -0.39 is 41.2 Å². The summed E-state index contributed by atoms with van der Waals surface area (Å²) < 4.78 is 24.2. The van der Waals surface area contributed by atoms with Crippen molar-refractivity contribution in [2.24, 2.45) is 0 Å². The number of pyridine rings is 1. The molecule has 258 valence electrons. The number of nitrogens with zero attached hydrogens (tertiary/aromatic N) is 2. The maximum Gasteiger partial charge on any atom is 0.348 e. The predicted molar refractivity (Wildman–Crippen MR) is 186 cm³/mol. The Balaban J connectivity index is 1.32. The molecule has 7 rings (SSSR count). The highest BCUT2D eigenvalue weighted by Gasteiger charge is 2.78. The SMILES string of the molecule is CO[C@]1(OC(=O)c2ccccc2)C(=O)N(C2CCCCC2)C(=O)[C@@]1(OC(=O)c1ccccc1)c1ccc(OCc2ccc3ccccc3n2)cc1. The number of fused-ring (bicyclic) bond motifs is 1. The molecule has 2 aliphatic rings. The number of carbonyl (C=O) groups is 4. The number of rotatable bonds is 10. The number of aromatic nitrogens is 1. The molecule has 1 saturated heterocycles. The molecule has 1 aromatic heterocycles. The van der Waals surface area contributed by atoms with E-state index in [9.17, 15) is 14.4 Å². The summed E-state index contributed by atoms with van der Waals surface area (Å²) in [6.07, 6.45) is 3.63. The van der Waals surface area contributed by atoms with E-state index in [1.54, 1.807) is 48.5 Å². The van der Waals surface area contributed by atoms with E-state index in [1.165, 1.54) is 36.4 Å². The third-order valence-corrected chi connectivity index (χ3v) is 9.52. The normalized spacial score (nSPS) is 20.7. The second kappa shape index (κ2) is 14.2. The zero-order valence-corrected chi connectivity index (χ0v) is 28.0. The number of carbonyl (C=O) groups excluding carboxylic acids is 4. The zero-order chi connectivity index (χ0) is 35.4. The van der Waals surface area contributed by atoms with E-state index >= 15 is 4.79 Å². The van der Waals surface area contributed by atoms with Crippen molar-refractivity contribution in [2.45, 2.75) is 56.1 Å². The number of hydrogen-bond donors (Lipinski definition) is 0. The average molecular weight is 685 g/mol. The van der Waals surface area contributed by atoms with Crippen molar-refractivity contribution in [1.82, 2.24) is 9.88 Å². The predicted octanol–water partition coefficient (Wildman–Crippen LogP) is 6.77. The number of para-hydroxylation sites is 1. The molecular weight excluding hydrogens is 648 g/mol. The molecule has 10 heteroatoms. The van der Waals surface area contributed by atoms with Crippen molar-refractivity contribution >= 4 is 34.7 Å². The van der Waals surface area contributed by atoms with Crippen LogP contribution in [0.25, 0.3) is 10.9 Å². The Kier molecular flexibility index (Phi) is 9.34. The second-order valence-electron chi connectivity index (χ2n) is 12.6. The maximum atomic E-state index is 15.0. The van der Waals surface area contributed by atoms with E-state index in [4.69, 9.17) is 18.9 Å². The molecule has 51 heavy (non-hydrogen) atoms. The summed E-state index contributed by atoms with van der Waals surface area (Å²) in [7, 11) is 1.16. The van der Waals surface area contributed by atoms with E-state index in [2.05, 4.69) is 4.98 Å². The largest absolute Gasteiger partial charge is 0.487 e. The highest BCUT2D eigenvalue weighted by atomic mass is 16.7. The van der Waals surface area contributed by atoms with Crippen LogP contribution < -0.4 is 4.74 Å². The molecular formula is C41H36N2O8. The number of benzene rings is 4. The summed E-state index contributed by atoms with van der Waals surface area (Å²) in [5.41, 5.74) is -0.732. The monoisotopic (exact) mass is 684 g/mol. The van der Waals surface area contributed by atoms with Crippen molar-refractivity contribution in [3.63, 3.8) is 0 Å². The number of imide groups is 1. The number of esters is 2. The van der Waals surface area contributed by atoms with E-state index in [-0.39, 0.29) is 23.3 Å². The fourth-order valence-electron chi connectivity index (χ4n) is 6.92. The van der Waals surface area contributed by atoms with Crippen LogP contribution in [0.4, 0.5) is 0 Å². The van der Waals surface area contributed by atoms with Crippen molar-refractivity contribution in [1.29, 1.82) is 0 Å². The molecule has 4 aromatic carbocycles. The van der Waals surface area contributed by atoms with E-state index in [1.807, 2.05) is 36.4 Å². The van der Waals surface area contributed by atoms with Gasteiger partial charge < -0.3 is 18.9 Å². The van der Waals surface area contributed by atoms with Gasteiger partial charge in [0, 0.05) is 24.1 Å². The summed E-state index contributed by atoms with van der Waals surface area (Å²) in [6, 6.07) is 33.4. The van der Waals surface area contributed by atoms with Gasteiger partial charge in [0.25, 0.3) is 11.5 Å². The van der Waals surface area contributed by atoms with E-state index in [0.717, 1.165) is 42.2 Å². The summed E-state index contributed by atoms with van der Waals surface area (Å²) in [4.78, 5) is 63.2. The number of likely N-dealkylation sites (tertiary alicyclic amines) is 1. The molecule has 0 spiro atoms. The first-order chi connectivity index (χ1) is 24.9. The molecule has 10 nitrogen and oxygen atoms in total. The van der Waals surface area contributed by atoms with E-state index in [0.29, 0.717) is 24.3 Å². The molecule has 1 saturated carbocycles. The van der Waals surface area contributed by atoms with Crippen LogP contribution in [0.1, 0.15) is 64.1 Å². The van der Waals surface area contributed by atoms with Crippen molar-refractivity contribution < 1.29 is 38.1 Å². The van der Waals surface area contributed by atoms with Crippen LogP contribution in [-0.2, 0) is 36.0 Å². The Labute approximate surface area is 294 Å². The van der Waals surface area contributed by atoms with Gasteiger partial charge in [-0.25, -0.2) is 14.6 Å². The zero-order valence-electron chi connectivity index (χ0n) is 28.0. The first-order valence-corrected chi connectivity index (χ1v) is 16.9. The standard InChI is InChI=1S/C41H36N2O8/c1-48-41(51-37(45)30-16-7-3-8-17-30)39(47)43(33-18-9-4-10-19-33)38(46)40(41,50-36(44)29-14-5-2-6-15-29)31-22-25-34(26-23-31)49-27-32-24-21-28-13-11-12-20-35(28)42-32/h2-3,5-8,11-17,20-26,33H,4,9-10,18-19,27H2,1H3/t40-,41-/m0/s1. The number of methoxy groups -OCH3 is 1. The quantitative estimate of drug-likeness (QED) is 0.0892. The van der Waals surface area contributed by atoms with Gasteiger partial charge in [-0.3, -0.25) is 14.5 Å². The minimum absolute atomic E-state index is 0.0577. The van der Waals surface area contributed by atoms with Gasteiger partial charge >= 0.3 is 23.6 Å². The first kappa shape index (κ1) is 33.6. The van der Waals surface area contributed by atoms with Crippen LogP contribution in [0, 0.1) is 0 Å². The van der Waals surface area contributed by atoms with Crippen LogP contribution in [-0.4, -0.2) is 52.6 Å². The molecule has 0 N–H and O–H groups in total. The lowest BCUT2D eigenvalue weighted by Crippen LogP contribution is -2.60. The van der Waals surface area contributed by atoms with Gasteiger partial charge in [-0.05, 0) is 61.4 Å². The fraction of sp³-hybridized carbons (Fsp3) is 0.244. The van der Waals surface area contributed by atoms with Crippen LogP contribution in [0.5, 0.6) is 5.75 Å². The Bertz CT molecular complexity index is 2060. The van der Waals surface area contributed by atoms with Gasteiger partial charge in [0.05, 0.1) is 22.3 Å². The topological polar surface area (TPSA) is 121 Å². The molecule has 2 fully saturated rings. The first-order valence-electron chi connectivity index (χ1n) is 16.9. The van der Waals surface area contributed by atoms with Crippen LogP contribution in [0.2, 0.25) is 0 Å². The Morgan fingerprint density at radius 1 is 0.706 bits per heavy atom. The second-order valence-corrected chi connectivity index (χ2v) is 12.6. The van der Waals surface area contributed by atoms with Crippen molar-refractivity contribution in [2.75, 3.05) is 7.11 Å². The summed E-state index contributed by atoms with van der Waals surface area (Å²) in [6.45, 7) is 0.155. The smallest absolute Gasteiger partial charge is 0.348 e. The molecule has 1 aliphatic heterocycles. The molecule has 0 bridgehead atoms. The molecule has 2 amide bonds. The molecule has 0 radical (unpaired) electrons. The minimum atomic E-state index is -2.71. The average Bonchev–Trinajstić information content (AvgIpc) is 3.36. The highest BCUT2D eigenvalue weighted by Crippen LogP contribution is 2.51. The highest BCUT2D eigenvalue weighted by molar-refractivity contribution is 6.15. The van der Waals surface area contributed by atoms with Gasteiger partial charge in [0.1, 0.15) is 12.4 Å². The van der Waals surface area contributed by atoms with Gasteiger partial charge in [-0.2, -0.15) is 0 Å². The molecule has 2 atom stereocenters. The van der Waals surface area contributed by atoms with Crippen molar-refractivity contribution in [3.05, 3.63) is 144 Å². The third-order valence-electron chi connectivity index (χ3n) is 9.52. The molecule has 0 unspecified atom stereocenters. The lowest BCUT2D eigenvalue weighted by atomic mass is 9.85. The lowest BCUT2D eigenvalue weighted by molar-refractivity contribution is -0.254. The van der Waals surface area contributed by atoms with Crippen molar-refractivity contribution in [3.8, 4) is 5.75 Å². The minimum Gasteiger partial charge on any atom is -0.487 e. The van der Waals surface area contributed by atoms with Gasteiger partial charge in [-0.1, -0.05) is 92.1 Å². The summed E-state index contributed by atoms with van der Waals surface area (Å²) in [5, 5.41) is 1.01. The maximum absolute atomic E-state index is 15.0. The lowest BCUT2D eigenvalue weighted by Gasteiger charge is -2.38. The number of amides is 2. The molecule has 2 heterocycles. The number of hydrogen-bond acceptors (Lipinski definition) is 9.